The number of hydrogen-bond acceptors (Lipinski definition) is 5. The highest BCUT2D eigenvalue weighted by atomic mass is 35.5. The van der Waals surface area contributed by atoms with Gasteiger partial charge in [-0.15, -0.1) is 0 Å². The Kier molecular flexibility index (Phi) is 7.37. The van der Waals surface area contributed by atoms with E-state index in [1.54, 1.807) is 60.7 Å². The maximum Gasteiger partial charge on any atom is 0.345 e. The van der Waals surface area contributed by atoms with Crippen LogP contribution in [0.25, 0.3) is 0 Å². The summed E-state index contributed by atoms with van der Waals surface area (Å²) in [6.07, 6.45) is 1.30. The quantitative estimate of drug-likeness (QED) is 0.197. The highest BCUT2D eigenvalue weighted by Gasteiger charge is 2.14. The number of rotatable bonds is 5. The van der Waals surface area contributed by atoms with Crippen LogP contribution in [-0.4, -0.2) is 24.0 Å². The van der Waals surface area contributed by atoms with Gasteiger partial charge in [-0.3, -0.25) is 9.59 Å². The molecule has 0 aliphatic heterocycles. The van der Waals surface area contributed by atoms with Crippen molar-refractivity contribution in [3.05, 3.63) is 94.0 Å². The Bertz CT molecular complexity index is 1160. The summed E-state index contributed by atoms with van der Waals surface area (Å²) in [6, 6.07) is 19.4. The maximum atomic E-state index is 12.2. The number of anilines is 1. The number of carbonyl (C=O) groups is 3. The fourth-order valence-corrected chi connectivity index (χ4v) is 2.82. The standard InChI is InChI=1S/C22H15Cl2N3O4/c23-15-6-4-7-16(12-15)26-20(28)21(29)27-25-13-14-5-3-8-17(11-14)31-22(30)18-9-1-2-10-19(18)24/h1-13H,(H,26,28)(H,27,29)/b25-13+. The molecule has 3 aromatic carbocycles. The first kappa shape index (κ1) is 22.0. The van der Waals surface area contributed by atoms with E-state index in [9.17, 15) is 14.4 Å². The van der Waals surface area contributed by atoms with Crippen LogP contribution in [0.15, 0.2) is 77.9 Å². The van der Waals surface area contributed by atoms with Crippen LogP contribution in [0.2, 0.25) is 10.0 Å². The molecule has 2 N–H and O–H groups in total. The Morgan fingerprint density at radius 2 is 1.65 bits per heavy atom. The molecule has 0 saturated carbocycles. The van der Waals surface area contributed by atoms with E-state index in [2.05, 4.69) is 15.8 Å². The third-order valence-corrected chi connectivity index (χ3v) is 4.40. The Hall–Kier alpha value is -3.68. The first-order chi connectivity index (χ1) is 14.9. The summed E-state index contributed by atoms with van der Waals surface area (Å²) in [6.45, 7) is 0. The minimum atomic E-state index is -0.961. The number of hydrazone groups is 1. The summed E-state index contributed by atoms with van der Waals surface area (Å²) in [5.74, 6) is -2.20. The van der Waals surface area contributed by atoms with Crippen LogP contribution in [0.3, 0.4) is 0 Å². The molecule has 31 heavy (non-hydrogen) atoms. The molecule has 3 rings (SSSR count). The van der Waals surface area contributed by atoms with Crippen LogP contribution in [0.5, 0.6) is 5.75 Å². The van der Waals surface area contributed by atoms with E-state index in [-0.39, 0.29) is 16.3 Å². The normalized spacial score (nSPS) is 10.5. The Morgan fingerprint density at radius 3 is 2.42 bits per heavy atom. The maximum absolute atomic E-state index is 12.2. The minimum absolute atomic E-state index is 0.237. The van der Waals surface area contributed by atoms with E-state index < -0.39 is 17.8 Å². The molecule has 0 aliphatic carbocycles. The zero-order valence-corrected chi connectivity index (χ0v) is 17.4. The number of carbonyl (C=O) groups excluding carboxylic acids is 3. The number of benzene rings is 3. The highest BCUT2D eigenvalue weighted by molar-refractivity contribution is 6.39. The third kappa shape index (κ3) is 6.40. The fraction of sp³-hybridized carbons (Fsp3) is 0. The van der Waals surface area contributed by atoms with Crippen LogP contribution >= 0.6 is 23.2 Å². The summed E-state index contributed by atoms with van der Waals surface area (Å²) >= 11 is 11.8. The van der Waals surface area contributed by atoms with Gasteiger partial charge in [-0.1, -0.05) is 53.5 Å². The molecule has 0 fully saturated rings. The largest absolute Gasteiger partial charge is 0.423 e. The minimum Gasteiger partial charge on any atom is -0.423 e. The lowest BCUT2D eigenvalue weighted by atomic mass is 10.2. The molecule has 0 aromatic heterocycles. The lowest BCUT2D eigenvalue weighted by molar-refractivity contribution is -0.136. The number of amides is 2. The van der Waals surface area contributed by atoms with Gasteiger partial charge in [0.2, 0.25) is 0 Å². The number of halogens is 2. The monoisotopic (exact) mass is 455 g/mol. The van der Waals surface area contributed by atoms with Gasteiger partial charge in [-0.05, 0) is 48.0 Å². The van der Waals surface area contributed by atoms with Gasteiger partial charge < -0.3 is 10.1 Å². The van der Waals surface area contributed by atoms with Gasteiger partial charge in [0.15, 0.2) is 0 Å². The summed E-state index contributed by atoms with van der Waals surface area (Å²) in [5, 5.41) is 6.85. The van der Waals surface area contributed by atoms with E-state index in [0.717, 1.165) is 0 Å². The van der Waals surface area contributed by atoms with Gasteiger partial charge >= 0.3 is 17.8 Å². The zero-order chi connectivity index (χ0) is 22.2. The van der Waals surface area contributed by atoms with Crippen molar-refractivity contribution in [1.29, 1.82) is 0 Å². The summed E-state index contributed by atoms with van der Waals surface area (Å²) in [7, 11) is 0. The molecule has 0 unspecified atom stereocenters. The van der Waals surface area contributed by atoms with Crippen molar-refractivity contribution >= 4 is 52.9 Å². The highest BCUT2D eigenvalue weighted by Crippen LogP contribution is 2.19. The van der Waals surface area contributed by atoms with E-state index in [0.29, 0.717) is 16.3 Å². The summed E-state index contributed by atoms with van der Waals surface area (Å²) in [4.78, 5) is 36.0. The average Bonchev–Trinajstić information content (AvgIpc) is 2.74. The van der Waals surface area contributed by atoms with Gasteiger partial charge in [0.25, 0.3) is 0 Å². The van der Waals surface area contributed by atoms with Crippen LogP contribution in [0.4, 0.5) is 5.69 Å². The average molecular weight is 456 g/mol. The zero-order valence-electron chi connectivity index (χ0n) is 15.8. The topological polar surface area (TPSA) is 96.9 Å². The van der Waals surface area contributed by atoms with E-state index >= 15 is 0 Å². The Labute approximate surface area is 187 Å². The molecule has 0 bridgehead atoms. The predicted octanol–water partition coefficient (Wildman–Crippen LogP) is 4.30. The molecule has 0 radical (unpaired) electrons. The molecule has 0 spiro atoms. The molecular weight excluding hydrogens is 441 g/mol. The van der Waals surface area contributed by atoms with Crippen molar-refractivity contribution in [2.75, 3.05) is 5.32 Å². The third-order valence-electron chi connectivity index (χ3n) is 3.83. The number of nitrogens with one attached hydrogen (secondary N) is 2. The van der Waals surface area contributed by atoms with Gasteiger partial charge in [-0.2, -0.15) is 5.10 Å². The van der Waals surface area contributed by atoms with Gasteiger partial charge in [0, 0.05) is 10.7 Å². The number of nitrogens with zero attached hydrogens (tertiary/aromatic N) is 1. The first-order valence-electron chi connectivity index (χ1n) is 8.89. The lowest BCUT2D eigenvalue weighted by Crippen LogP contribution is -2.32. The molecule has 3 aromatic rings. The molecule has 156 valence electrons. The Balaban J connectivity index is 1.57. The number of esters is 1. The number of ether oxygens (including phenoxy) is 1. The SMILES string of the molecule is O=C(N/N=C/c1cccc(OC(=O)c2ccccc2Cl)c1)C(=O)Nc1cccc(Cl)c1. The predicted molar refractivity (Wildman–Crippen MR) is 119 cm³/mol. The van der Waals surface area contributed by atoms with E-state index in [1.165, 1.54) is 18.3 Å². The second-order valence-corrected chi connectivity index (χ2v) is 6.95. The summed E-state index contributed by atoms with van der Waals surface area (Å²) in [5.41, 5.74) is 3.26. The van der Waals surface area contributed by atoms with Gasteiger partial charge in [0.05, 0.1) is 16.8 Å². The van der Waals surface area contributed by atoms with Crippen molar-refractivity contribution in [2.24, 2.45) is 5.10 Å². The van der Waals surface area contributed by atoms with Crippen molar-refractivity contribution in [3.8, 4) is 5.75 Å². The Morgan fingerprint density at radius 1 is 0.871 bits per heavy atom. The van der Waals surface area contributed by atoms with Crippen LogP contribution in [0.1, 0.15) is 15.9 Å². The second-order valence-electron chi connectivity index (χ2n) is 6.11. The van der Waals surface area contributed by atoms with Crippen LogP contribution < -0.4 is 15.5 Å². The van der Waals surface area contributed by atoms with Gasteiger partial charge in [-0.25, -0.2) is 10.2 Å². The number of hydrogen-bond donors (Lipinski definition) is 2. The lowest BCUT2D eigenvalue weighted by Gasteiger charge is -2.06. The summed E-state index contributed by atoms with van der Waals surface area (Å²) < 4.78 is 5.32. The van der Waals surface area contributed by atoms with Gasteiger partial charge in [0.1, 0.15) is 5.75 Å². The molecule has 2 amide bonds. The molecule has 7 nitrogen and oxygen atoms in total. The fourth-order valence-electron chi connectivity index (χ4n) is 2.42. The molecule has 9 heteroatoms. The van der Waals surface area contributed by atoms with Crippen molar-refractivity contribution in [3.63, 3.8) is 0 Å². The first-order valence-corrected chi connectivity index (χ1v) is 9.65. The molecule has 0 atom stereocenters. The molecule has 0 saturated heterocycles. The van der Waals surface area contributed by atoms with E-state index in [1.807, 2.05) is 0 Å². The van der Waals surface area contributed by atoms with Crippen molar-refractivity contribution in [1.82, 2.24) is 5.43 Å². The van der Waals surface area contributed by atoms with Crippen molar-refractivity contribution in [2.45, 2.75) is 0 Å². The van der Waals surface area contributed by atoms with Crippen LogP contribution in [0, 0.1) is 0 Å². The van der Waals surface area contributed by atoms with Crippen molar-refractivity contribution < 1.29 is 19.1 Å². The second kappa shape index (κ2) is 10.4. The smallest absolute Gasteiger partial charge is 0.345 e. The van der Waals surface area contributed by atoms with E-state index in [4.69, 9.17) is 27.9 Å². The molecule has 0 heterocycles. The van der Waals surface area contributed by atoms with Crippen LogP contribution in [-0.2, 0) is 9.59 Å². The molecule has 0 aliphatic rings. The molecular formula is C22H15Cl2N3O4.